The highest BCUT2D eigenvalue weighted by Crippen LogP contribution is 2.49. The van der Waals surface area contributed by atoms with E-state index in [1.807, 2.05) is 13.0 Å². The van der Waals surface area contributed by atoms with Crippen molar-refractivity contribution in [3.8, 4) is 16.9 Å². The molecular formula is C26H27F2NO3S. The van der Waals surface area contributed by atoms with Crippen LogP contribution >= 0.6 is 11.8 Å². The minimum atomic E-state index is -0.743. The fraction of sp³-hybridized carbons (Fsp3) is 0.385. The maximum Gasteiger partial charge on any atom is 0.290 e. The van der Waals surface area contributed by atoms with E-state index < -0.39 is 22.8 Å². The molecule has 0 bridgehead atoms. The number of carbonyl (C=O) groups excluding carboxylic acids is 2. The second-order valence-electron chi connectivity index (χ2n) is 10.0. The third-order valence-electron chi connectivity index (χ3n) is 6.80. The lowest BCUT2D eigenvalue weighted by Crippen LogP contribution is -2.34. The summed E-state index contributed by atoms with van der Waals surface area (Å²) in [5.41, 5.74) is 3.45. The van der Waals surface area contributed by atoms with Crippen LogP contribution in [-0.2, 0) is 15.6 Å². The average molecular weight is 472 g/mol. The number of carbonyl (C=O) groups is 2. The van der Waals surface area contributed by atoms with E-state index in [1.54, 1.807) is 0 Å². The standard InChI is InChI=1S/C26H27F2NO3S/c1-13-9-16-17(26(4,5)8-7-25(16,2)3)12-15(13)20-21(28)14(10-18(27)22(20)32-6)11-19-23(30)29-24(31)33-19/h9-12H,7-8H2,1-6H3,(H,29,30,31)/b19-11+. The van der Waals surface area contributed by atoms with Gasteiger partial charge in [-0.25, -0.2) is 8.78 Å². The maximum absolute atomic E-state index is 15.9. The molecule has 0 radical (unpaired) electrons. The molecule has 174 valence electrons. The number of ether oxygens (including phenoxy) is 1. The van der Waals surface area contributed by atoms with Crippen LogP contribution in [0.5, 0.6) is 5.75 Å². The molecule has 2 aliphatic rings. The summed E-state index contributed by atoms with van der Waals surface area (Å²) in [7, 11) is 1.30. The largest absolute Gasteiger partial charge is 0.493 e. The van der Waals surface area contributed by atoms with Crippen molar-refractivity contribution in [2.45, 2.75) is 58.3 Å². The molecule has 0 spiro atoms. The van der Waals surface area contributed by atoms with Crippen molar-refractivity contribution in [2.75, 3.05) is 7.11 Å². The molecule has 2 aromatic rings. The van der Waals surface area contributed by atoms with Crippen LogP contribution in [0.1, 0.15) is 62.8 Å². The van der Waals surface area contributed by atoms with Crippen LogP contribution in [0.3, 0.4) is 0 Å². The quantitative estimate of drug-likeness (QED) is 0.511. The van der Waals surface area contributed by atoms with Crippen LogP contribution < -0.4 is 10.1 Å². The monoisotopic (exact) mass is 471 g/mol. The Bertz CT molecular complexity index is 1230. The molecule has 4 nitrogen and oxygen atoms in total. The molecule has 1 N–H and O–H groups in total. The van der Waals surface area contributed by atoms with Gasteiger partial charge >= 0.3 is 0 Å². The Balaban J connectivity index is 1.98. The Labute approximate surface area is 196 Å². The van der Waals surface area contributed by atoms with Crippen LogP contribution in [0.4, 0.5) is 13.6 Å². The van der Waals surface area contributed by atoms with Gasteiger partial charge in [-0.1, -0.05) is 33.8 Å². The number of imide groups is 1. The molecule has 4 rings (SSSR count). The number of rotatable bonds is 3. The van der Waals surface area contributed by atoms with Gasteiger partial charge in [-0.15, -0.1) is 0 Å². The van der Waals surface area contributed by atoms with E-state index >= 15 is 8.78 Å². The molecule has 0 atom stereocenters. The predicted octanol–water partition coefficient (Wildman–Crippen LogP) is 6.62. The number of hydrogen-bond donors (Lipinski definition) is 1. The van der Waals surface area contributed by atoms with Crippen LogP contribution in [0, 0.1) is 18.6 Å². The van der Waals surface area contributed by atoms with Gasteiger partial charge in [0.15, 0.2) is 11.6 Å². The van der Waals surface area contributed by atoms with Gasteiger partial charge in [0, 0.05) is 5.56 Å². The lowest BCUT2D eigenvalue weighted by Gasteiger charge is -2.42. The van der Waals surface area contributed by atoms with Gasteiger partial charge in [-0.2, -0.15) is 0 Å². The van der Waals surface area contributed by atoms with Gasteiger partial charge in [-0.05, 0) is 82.8 Å². The Kier molecular flexibility index (Phi) is 5.68. The van der Waals surface area contributed by atoms with Gasteiger partial charge in [-0.3, -0.25) is 14.9 Å². The summed E-state index contributed by atoms with van der Waals surface area (Å²) < 4.78 is 36.3. The van der Waals surface area contributed by atoms with E-state index in [-0.39, 0.29) is 32.6 Å². The minimum absolute atomic E-state index is 0.0126. The van der Waals surface area contributed by atoms with Crippen molar-refractivity contribution in [3.05, 3.63) is 57.0 Å². The molecule has 0 aromatic heterocycles. The van der Waals surface area contributed by atoms with E-state index in [0.717, 1.165) is 30.0 Å². The number of fused-ring (bicyclic) bond motifs is 1. The molecule has 7 heteroatoms. The zero-order valence-corrected chi connectivity index (χ0v) is 20.4. The number of benzene rings is 2. The average Bonchev–Trinajstić information content (AvgIpc) is 3.04. The number of thioether (sulfide) groups is 1. The summed E-state index contributed by atoms with van der Waals surface area (Å²) in [5, 5.41) is 1.58. The molecule has 1 fully saturated rings. The lowest BCUT2D eigenvalue weighted by atomic mass is 9.62. The Morgan fingerprint density at radius 3 is 2.18 bits per heavy atom. The first-order valence-corrected chi connectivity index (χ1v) is 11.6. The topological polar surface area (TPSA) is 55.4 Å². The van der Waals surface area contributed by atoms with Crippen molar-refractivity contribution in [2.24, 2.45) is 0 Å². The van der Waals surface area contributed by atoms with Crippen LogP contribution in [0.15, 0.2) is 23.1 Å². The summed E-state index contributed by atoms with van der Waals surface area (Å²) in [4.78, 5) is 23.5. The zero-order valence-electron chi connectivity index (χ0n) is 19.6. The van der Waals surface area contributed by atoms with E-state index in [1.165, 1.54) is 18.7 Å². The number of nitrogens with one attached hydrogen (secondary N) is 1. The molecule has 1 heterocycles. The van der Waals surface area contributed by atoms with Crippen molar-refractivity contribution in [3.63, 3.8) is 0 Å². The number of amides is 2. The van der Waals surface area contributed by atoms with E-state index in [4.69, 9.17) is 4.74 Å². The Morgan fingerprint density at radius 1 is 1.03 bits per heavy atom. The number of aryl methyl sites for hydroxylation is 1. The second-order valence-corrected chi connectivity index (χ2v) is 11.0. The van der Waals surface area contributed by atoms with Gasteiger partial charge in [0.1, 0.15) is 5.82 Å². The fourth-order valence-electron chi connectivity index (χ4n) is 4.73. The summed E-state index contributed by atoms with van der Waals surface area (Å²) in [6, 6.07) is 5.03. The normalized spacial score (nSPS) is 20.1. The molecule has 0 unspecified atom stereocenters. The van der Waals surface area contributed by atoms with Crippen molar-refractivity contribution in [1.29, 1.82) is 0 Å². The second kappa shape index (κ2) is 7.97. The molecule has 1 aliphatic carbocycles. The number of methoxy groups -OCH3 is 1. The van der Waals surface area contributed by atoms with E-state index in [0.29, 0.717) is 17.3 Å². The van der Waals surface area contributed by atoms with Crippen molar-refractivity contribution in [1.82, 2.24) is 5.32 Å². The fourth-order valence-corrected chi connectivity index (χ4v) is 5.40. The third kappa shape index (κ3) is 3.97. The molecular weight excluding hydrogens is 444 g/mol. The SMILES string of the molecule is COc1c(F)cc(/C=C2/SC(=O)NC2=O)c(F)c1-c1cc2c(cc1C)C(C)(C)CCC2(C)C. The minimum Gasteiger partial charge on any atom is -0.493 e. The van der Waals surface area contributed by atoms with Gasteiger partial charge in [0.25, 0.3) is 11.1 Å². The smallest absolute Gasteiger partial charge is 0.290 e. The van der Waals surface area contributed by atoms with Crippen molar-refractivity contribution >= 4 is 29.0 Å². The molecule has 0 saturated carbocycles. The van der Waals surface area contributed by atoms with Crippen LogP contribution in [0.25, 0.3) is 17.2 Å². The molecule has 2 aromatic carbocycles. The van der Waals surface area contributed by atoms with Gasteiger partial charge in [0.05, 0.1) is 17.6 Å². The molecule has 1 aliphatic heterocycles. The first-order chi connectivity index (χ1) is 15.4. The Morgan fingerprint density at radius 2 is 1.64 bits per heavy atom. The zero-order chi connectivity index (χ0) is 24.3. The summed E-state index contributed by atoms with van der Waals surface area (Å²) in [6.45, 7) is 10.6. The summed E-state index contributed by atoms with van der Waals surface area (Å²) in [6.07, 6.45) is 3.22. The van der Waals surface area contributed by atoms with E-state index in [9.17, 15) is 9.59 Å². The molecule has 33 heavy (non-hydrogen) atoms. The Hall–Kier alpha value is -2.67. The maximum atomic E-state index is 15.9. The van der Waals surface area contributed by atoms with Crippen molar-refractivity contribution < 1.29 is 23.1 Å². The lowest BCUT2D eigenvalue weighted by molar-refractivity contribution is -0.115. The summed E-state index contributed by atoms with van der Waals surface area (Å²) >= 11 is 0.657. The van der Waals surface area contributed by atoms with Crippen LogP contribution in [-0.4, -0.2) is 18.3 Å². The molecule has 2 amide bonds. The summed E-state index contributed by atoms with van der Waals surface area (Å²) in [5.74, 6) is -2.27. The predicted molar refractivity (Wildman–Crippen MR) is 127 cm³/mol. The highest BCUT2D eigenvalue weighted by Gasteiger charge is 2.38. The van der Waals surface area contributed by atoms with Gasteiger partial charge in [0.2, 0.25) is 0 Å². The number of halogens is 2. The first-order valence-electron chi connectivity index (χ1n) is 10.8. The number of hydrogen-bond acceptors (Lipinski definition) is 4. The highest BCUT2D eigenvalue weighted by atomic mass is 32.2. The van der Waals surface area contributed by atoms with E-state index in [2.05, 4.69) is 39.1 Å². The van der Waals surface area contributed by atoms with Crippen LogP contribution in [0.2, 0.25) is 0 Å². The third-order valence-corrected chi connectivity index (χ3v) is 7.61. The molecule has 1 saturated heterocycles. The van der Waals surface area contributed by atoms with Gasteiger partial charge < -0.3 is 4.74 Å². The first kappa shape index (κ1) is 23.5. The highest BCUT2D eigenvalue weighted by molar-refractivity contribution is 8.18.